The second kappa shape index (κ2) is 5.58. The zero-order valence-electron chi connectivity index (χ0n) is 9.51. The second-order valence-corrected chi connectivity index (χ2v) is 3.28. The van der Waals surface area contributed by atoms with Gasteiger partial charge in [0.2, 0.25) is 5.70 Å². The van der Waals surface area contributed by atoms with E-state index in [0.29, 0.717) is 0 Å². The van der Waals surface area contributed by atoms with Crippen LogP contribution in [0.25, 0.3) is 0 Å². The monoisotopic (exact) mass is 249 g/mol. The third-order valence-corrected chi connectivity index (χ3v) is 2.18. The highest BCUT2D eigenvalue weighted by atomic mass is 16.6. The Bertz CT molecular complexity index is 522. The van der Waals surface area contributed by atoms with E-state index in [-0.39, 0.29) is 5.56 Å². The maximum absolute atomic E-state index is 10.9. The Hall–Kier alpha value is -2.70. The molecule has 0 amide bonds. The Morgan fingerprint density at radius 1 is 1.39 bits per heavy atom. The van der Waals surface area contributed by atoms with E-state index in [0.717, 1.165) is 0 Å². The van der Waals surface area contributed by atoms with Gasteiger partial charge in [0, 0.05) is 12.6 Å². The molecule has 0 aliphatic heterocycles. The van der Waals surface area contributed by atoms with Gasteiger partial charge >= 0.3 is 11.7 Å². The number of carbonyl (C=O) groups is 1. The maximum atomic E-state index is 10.9. The van der Waals surface area contributed by atoms with Crippen LogP contribution in [0.1, 0.15) is 5.56 Å². The molecule has 0 fully saturated rings. The summed E-state index contributed by atoms with van der Waals surface area (Å²) in [5.74, 6) is -1.48. The van der Waals surface area contributed by atoms with Gasteiger partial charge in [-0.2, -0.15) is 0 Å². The molecule has 0 saturated carbocycles. The number of nitrogens with zero attached hydrogens (tertiary/aromatic N) is 1. The molecule has 1 rings (SSSR count). The second-order valence-electron chi connectivity index (χ2n) is 3.28. The SMILES string of the molecule is CN/C(C(=O)O)=C(\C(=N)c1ccccc1)[N+](=O)[O-]. The maximum Gasteiger partial charge on any atom is 0.359 e. The quantitative estimate of drug-likeness (QED) is 0.309. The highest BCUT2D eigenvalue weighted by Gasteiger charge is 2.28. The Labute approximate surface area is 102 Å². The average Bonchev–Trinajstić information content (AvgIpc) is 2.35. The van der Waals surface area contributed by atoms with Crippen molar-refractivity contribution in [1.82, 2.24) is 5.32 Å². The number of allylic oxidation sites excluding steroid dienone is 1. The fraction of sp³-hybridized carbons (Fsp3) is 0.0909. The number of likely N-dealkylation sites (N-methyl/N-ethyl adjacent to an activating group) is 1. The van der Waals surface area contributed by atoms with Gasteiger partial charge in [0.05, 0.1) is 4.92 Å². The third-order valence-electron chi connectivity index (χ3n) is 2.18. The Balaban J connectivity index is 3.35. The van der Waals surface area contributed by atoms with E-state index in [1.165, 1.54) is 19.2 Å². The molecule has 0 saturated heterocycles. The number of nitrogens with one attached hydrogen (secondary N) is 2. The van der Waals surface area contributed by atoms with E-state index < -0.39 is 28.0 Å². The van der Waals surface area contributed by atoms with Crippen molar-refractivity contribution in [3.05, 3.63) is 57.4 Å². The summed E-state index contributed by atoms with van der Waals surface area (Å²) in [6.45, 7) is 0. The van der Waals surface area contributed by atoms with Crippen molar-refractivity contribution >= 4 is 11.7 Å². The molecule has 0 aromatic heterocycles. The van der Waals surface area contributed by atoms with Gasteiger partial charge in [0.1, 0.15) is 5.71 Å². The van der Waals surface area contributed by atoms with Crippen LogP contribution in [0.4, 0.5) is 0 Å². The van der Waals surface area contributed by atoms with Crippen molar-refractivity contribution in [2.24, 2.45) is 0 Å². The van der Waals surface area contributed by atoms with Gasteiger partial charge in [0.15, 0.2) is 0 Å². The van der Waals surface area contributed by atoms with Crippen LogP contribution in [-0.2, 0) is 4.79 Å². The van der Waals surface area contributed by atoms with Crippen LogP contribution in [0, 0.1) is 15.5 Å². The van der Waals surface area contributed by atoms with E-state index in [1.54, 1.807) is 18.2 Å². The standard InChI is InChI=1S/C11H11N3O4/c1-13-9(11(15)16)10(14(17)18)8(12)7-5-3-2-4-6-7/h2-6,12-13H,1H3,(H,15,16)/b10-9+,12-8?. The van der Waals surface area contributed by atoms with Crippen LogP contribution >= 0.6 is 0 Å². The molecule has 0 aliphatic carbocycles. The minimum Gasteiger partial charge on any atom is -0.476 e. The normalized spacial score (nSPS) is 11.4. The van der Waals surface area contributed by atoms with Gasteiger partial charge in [-0.1, -0.05) is 30.3 Å². The van der Waals surface area contributed by atoms with Gasteiger partial charge in [-0.15, -0.1) is 0 Å². The zero-order valence-corrected chi connectivity index (χ0v) is 9.51. The Kier molecular flexibility index (Phi) is 4.14. The molecular weight excluding hydrogens is 238 g/mol. The van der Waals surface area contributed by atoms with Gasteiger partial charge in [0.25, 0.3) is 0 Å². The smallest absolute Gasteiger partial charge is 0.359 e. The molecule has 0 unspecified atom stereocenters. The van der Waals surface area contributed by atoms with Gasteiger partial charge in [-0.25, -0.2) is 4.79 Å². The average molecular weight is 249 g/mol. The number of rotatable bonds is 5. The lowest BCUT2D eigenvalue weighted by Gasteiger charge is -2.05. The first kappa shape index (κ1) is 13.4. The third kappa shape index (κ3) is 2.70. The number of carboxylic acid groups (broad SMARTS) is 1. The van der Waals surface area contributed by atoms with Gasteiger partial charge in [-0.05, 0) is 0 Å². The van der Waals surface area contributed by atoms with Crippen molar-refractivity contribution in [3.8, 4) is 0 Å². The van der Waals surface area contributed by atoms with E-state index in [1.807, 2.05) is 0 Å². The van der Waals surface area contributed by atoms with Crippen LogP contribution in [0.5, 0.6) is 0 Å². The lowest BCUT2D eigenvalue weighted by Crippen LogP contribution is -2.25. The number of nitro groups is 1. The van der Waals surface area contributed by atoms with E-state index in [4.69, 9.17) is 10.5 Å². The molecular formula is C11H11N3O4. The summed E-state index contributed by atoms with van der Waals surface area (Å²) in [5.41, 5.74) is -1.56. The van der Waals surface area contributed by atoms with Crippen molar-refractivity contribution in [1.29, 1.82) is 5.41 Å². The van der Waals surface area contributed by atoms with Crippen molar-refractivity contribution < 1.29 is 14.8 Å². The van der Waals surface area contributed by atoms with Crippen molar-refractivity contribution in [2.75, 3.05) is 7.05 Å². The molecule has 1 aromatic rings. The highest BCUT2D eigenvalue weighted by molar-refractivity contribution is 6.12. The molecule has 0 atom stereocenters. The largest absolute Gasteiger partial charge is 0.476 e. The molecule has 0 heterocycles. The number of aliphatic carboxylic acids is 1. The first-order valence-electron chi connectivity index (χ1n) is 4.93. The molecule has 94 valence electrons. The lowest BCUT2D eigenvalue weighted by atomic mass is 10.1. The Morgan fingerprint density at radius 2 is 1.94 bits per heavy atom. The van der Waals surface area contributed by atoms with Crippen molar-refractivity contribution in [2.45, 2.75) is 0 Å². The molecule has 0 spiro atoms. The number of carboxylic acids is 1. The molecule has 1 aromatic carbocycles. The number of hydrogen-bond donors (Lipinski definition) is 3. The first-order chi connectivity index (χ1) is 8.49. The predicted molar refractivity (Wildman–Crippen MR) is 64.0 cm³/mol. The lowest BCUT2D eigenvalue weighted by molar-refractivity contribution is -0.416. The minimum absolute atomic E-state index is 0.276. The minimum atomic E-state index is -1.48. The molecule has 0 bridgehead atoms. The fourth-order valence-corrected chi connectivity index (χ4v) is 1.38. The summed E-state index contributed by atoms with van der Waals surface area (Å²) < 4.78 is 0. The Morgan fingerprint density at radius 3 is 2.33 bits per heavy atom. The van der Waals surface area contributed by atoms with Crippen LogP contribution in [-0.4, -0.2) is 28.8 Å². The molecule has 7 nitrogen and oxygen atoms in total. The highest BCUT2D eigenvalue weighted by Crippen LogP contribution is 2.12. The van der Waals surface area contributed by atoms with Crippen LogP contribution < -0.4 is 5.32 Å². The summed E-state index contributed by atoms with van der Waals surface area (Å²) in [4.78, 5) is 20.9. The number of hydrogen-bond acceptors (Lipinski definition) is 5. The van der Waals surface area contributed by atoms with E-state index >= 15 is 0 Å². The predicted octanol–water partition coefficient (Wildman–Crippen LogP) is 0.847. The molecule has 0 aliphatic rings. The van der Waals surface area contributed by atoms with Crippen LogP contribution in [0.15, 0.2) is 41.7 Å². The molecule has 18 heavy (non-hydrogen) atoms. The zero-order chi connectivity index (χ0) is 13.7. The summed E-state index contributed by atoms with van der Waals surface area (Å²) in [7, 11) is 1.26. The number of benzene rings is 1. The summed E-state index contributed by atoms with van der Waals surface area (Å²) in [5, 5.41) is 29.8. The molecule has 3 N–H and O–H groups in total. The topological polar surface area (TPSA) is 116 Å². The van der Waals surface area contributed by atoms with Crippen LogP contribution in [0.2, 0.25) is 0 Å². The molecule has 0 radical (unpaired) electrons. The van der Waals surface area contributed by atoms with E-state index in [9.17, 15) is 14.9 Å². The van der Waals surface area contributed by atoms with Crippen molar-refractivity contribution in [3.63, 3.8) is 0 Å². The summed E-state index contributed by atoms with van der Waals surface area (Å²) >= 11 is 0. The summed E-state index contributed by atoms with van der Waals surface area (Å²) in [6.07, 6.45) is 0. The molecule has 7 heteroatoms. The van der Waals surface area contributed by atoms with Gasteiger partial charge < -0.3 is 10.4 Å². The van der Waals surface area contributed by atoms with E-state index in [2.05, 4.69) is 5.32 Å². The van der Waals surface area contributed by atoms with Gasteiger partial charge in [-0.3, -0.25) is 15.5 Å². The van der Waals surface area contributed by atoms with Crippen LogP contribution in [0.3, 0.4) is 0 Å². The summed E-state index contributed by atoms with van der Waals surface area (Å²) in [6, 6.07) is 7.92. The first-order valence-corrected chi connectivity index (χ1v) is 4.93. The fourth-order valence-electron chi connectivity index (χ4n) is 1.38.